The van der Waals surface area contributed by atoms with E-state index in [0.29, 0.717) is 5.82 Å². The third kappa shape index (κ3) is 3.48. The molecule has 0 aliphatic heterocycles. The van der Waals surface area contributed by atoms with Crippen LogP contribution in [0.2, 0.25) is 0 Å². The van der Waals surface area contributed by atoms with Crippen LogP contribution in [0.3, 0.4) is 0 Å². The van der Waals surface area contributed by atoms with Crippen LogP contribution >= 0.6 is 0 Å². The first kappa shape index (κ1) is 20.4. The normalized spacial score (nSPS) is 11.3. The zero-order valence-electron chi connectivity index (χ0n) is 19.3. The number of rotatable bonds is 4. The molecule has 2 aromatic heterocycles. The van der Waals surface area contributed by atoms with Crippen molar-refractivity contribution in [1.29, 1.82) is 0 Å². The fourth-order valence-corrected chi connectivity index (χ4v) is 4.82. The van der Waals surface area contributed by atoms with Crippen molar-refractivity contribution in [1.82, 2.24) is 15.2 Å². The lowest BCUT2D eigenvalue weighted by atomic mass is 9.99. The van der Waals surface area contributed by atoms with Crippen LogP contribution in [0.4, 0.5) is 0 Å². The Morgan fingerprint density at radius 2 is 1.25 bits per heavy atom. The average molecular weight is 464 g/mol. The van der Waals surface area contributed by atoms with Gasteiger partial charge in [0.1, 0.15) is 11.2 Å². The Morgan fingerprint density at radius 1 is 0.528 bits per heavy atom. The summed E-state index contributed by atoms with van der Waals surface area (Å²) in [4.78, 5) is 4.80. The van der Waals surface area contributed by atoms with Crippen LogP contribution in [0.25, 0.3) is 67.0 Å². The van der Waals surface area contributed by atoms with Gasteiger partial charge < -0.3 is 4.42 Å². The molecule has 7 aromatic rings. The topological polar surface area (TPSA) is 54.7 Å². The van der Waals surface area contributed by atoms with Gasteiger partial charge in [0.25, 0.3) is 0 Å². The maximum atomic E-state index is 6.27. The first-order valence-electron chi connectivity index (χ1n) is 11.9. The lowest BCUT2D eigenvalue weighted by Gasteiger charge is -2.03. The second-order valence-electron chi connectivity index (χ2n) is 8.81. The number of H-pyrrole nitrogens is 1. The van der Waals surface area contributed by atoms with E-state index in [9.17, 15) is 0 Å². The number of fused-ring (bicyclic) bond motifs is 3. The Labute approximate surface area is 207 Å². The first-order valence-corrected chi connectivity index (χ1v) is 11.9. The molecule has 0 saturated carbocycles. The SMILES string of the molecule is c1ccc(-c2cccc(-c3nc(-c4ccc5c(c4)oc4cccc(-c6ccccc6)c45)n[nH]3)c2)cc1. The zero-order valence-corrected chi connectivity index (χ0v) is 19.3. The molecule has 0 amide bonds. The standard InChI is InChI=1S/C32H21N3O/c1-3-9-21(10-4-1)23-13-7-14-24(19-23)31-33-32(35-34-31)25-17-18-27-29(20-25)36-28-16-8-15-26(30(27)28)22-11-5-2-6-12-22/h1-20H,(H,33,34,35). The number of aromatic amines is 1. The van der Waals surface area contributed by atoms with Crippen molar-refractivity contribution < 1.29 is 4.42 Å². The summed E-state index contributed by atoms with van der Waals surface area (Å²) in [6.45, 7) is 0. The van der Waals surface area contributed by atoms with Gasteiger partial charge in [-0.25, -0.2) is 4.98 Å². The minimum Gasteiger partial charge on any atom is -0.456 e. The predicted molar refractivity (Wildman–Crippen MR) is 145 cm³/mol. The second kappa shape index (κ2) is 8.36. The molecule has 170 valence electrons. The van der Waals surface area contributed by atoms with E-state index in [0.717, 1.165) is 50.0 Å². The van der Waals surface area contributed by atoms with E-state index in [-0.39, 0.29) is 0 Å². The molecule has 0 aliphatic carbocycles. The highest BCUT2D eigenvalue weighted by Gasteiger charge is 2.15. The Morgan fingerprint density at radius 3 is 2.08 bits per heavy atom. The minimum atomic E-state index is 0.640. The summed E-state index contributed by atoms with van der Waals surface area (Å²) >= 11 is 0. The van der Waals surface area contributed by atoms with Gasteiger partial charge in [-0.1, -0.05) is 97.1 Å². The molecule has 2 heterocycles. The van der Waals surface area contributed by atoms with Gasteiger partial charge in [-0.05, 0) is 46.5 Å². The van der Waals surface area contributed by atoms with Crippen LogP contribution in [0.1, 0.15) is 0 Å². The number of nitrogens with zero attached hydrogens (tertiary/aromatic N) is 2. The van der Waals surface area contributed by atoms with Crippen molar-refractivity contribution in [3.63, 3.8) is 0 Å². The molecule has 0 fully saturated rings. The molecule has 0 spiro atoms. The average Bonchev–Trinajstić information content (AvgIpc) is 3.59. The second-order valence-corrected chi connectivity index (χ2v) is 8.81. The lowest BCUT2D eigenvalue weighted by Crippen LogP contribution is -1.84. The van der Waals surface area contributed by atoms with E-state index < -0.39 is 0 Å². The molecule has 0 radical (unpaired) electrons. The number of nitrogens with one attached hydrogen (secondary N) is 1. The molecule has 4 heteroatoms. The van der Waals surface area contributed by atoms with Crippen LogP contribution in [-0.4, -0.2) is 15.2 Å². The highest BCUT2D eigenvalue weighted by atomic mass is 16.3. The van der Waals surface area contributed by atoms with Gasteiger partial charge >= 0.3 is 0 Å². The van der Waals surface area contributed by atoms with Gasteiger partial charge in [0.05, 0.1) is 0 Å². The van der Waals surface area contributed by atoms with Crippen LogP contribution < -0.4 is 0 Å². The van der Waals surface area contributed by atoms with Crippen molar-refractivity contribution in [2.75, 3.05) is 0 Å². The summed E-state index contributed by atoms with van der Waals surface area (Å²) in [6.07, 6.45) is 0. The van der Waals surface area contributed by atoms with Crippen molar-refractivity contribution in [2.24, 2.45) is 0 Å². The van der Waals surface area contributed by atoms with E-state index in [2.05, 4.69) is 76.9 Å². The maximum absolute atomic E-state index is 6.27. The molecular formula is C32H21N3O. The van der Waals surface area contributed by atoms with Gasteiger partial charge in [0, 0.05) is 21.9 Å². The quantitative estimate of drug-likeness (QED) is 0.285. The molecule has 36 heavy (non-hydrogen) atoms. The molecule has 0 saturated heterocycles. The van der Waals surface area contributed by atoms with E-state index in [1.165, 1.54) is 11.1 Å². The highest BCUT2D eigenvalue weighted by Crippen LogP contribution is 2.38. The van der Waals surface area contributed by atoms with Crippen molar-refractivity contribution >= 4 is 21.9 Å². The smallest absolute Gasteiger partial charge is 0.181 e. The summed E-state index contributed by atoms with van der Waals surface area (Å²) in [5, 5.41) is 9.83. The fraction of sp³-hybridized carbons (Fsp3) is 0. The molecule has 7 rings (SSSR count). The summed E-state index contributed by atoms with van der Waals surface area (Å²) in [7, 11) is 0. The Hall–Kier alpha value is -4.96. The Bertz CT molecular complexity index is 1830. The van der Waals surface area contributed by atoms with Gasteiger partial charge in [-0.2, -0.15) is 5.10 Å². The molecular weight excluding hydrogens is 442 g/mol. The van der Waals surface area contributed by atoms with Crippen molar-refractivity contribution in [2.45, 2.75) is 0 Å². The van der Waals surface area contributed by atoms with Gasteiger partial charge in [-0.15, -0.1) is 0 Å². The van der Waals surface area contributed by atoms with Crippen molar-refractivity contribution in [3.8, 4) is 45.0 Å². The molecule has 5 aromatic carbocycles. The first-order chi connectivity index (χ1) is 17.8. The predicted octanol–water partition coefficient (Wildman–Crippen LogP) is 8.37. The van der Waals surface area contributed by atoms with Crippen LogP contribution in [0.15, 0.2) is 126 Å². The largest absolute Gasteiger partial charge is 0.456 e. The van der Waals surface area contributed by atoms with Crippen LogP contribution in [-0.2, 0) is 0 Å². The molecule has 1 N–H and O–H groups in total. The van der Waals surface area contributed by atoms with Crippen LogP contribution in [0, 0.1) is 0 Å². The number of hydrogen-bond acceptors (Lipinski definition) is 3. The molecule has 0 bridgehead atoms. The van der Waals surface area contributed by atoms with E-state index in [1.54, 1.807) is 0 Å². The van der Waals surface area contributed by atoms with Crippen molar-refractivity contribution in [3.05, 3.63) is 121 Å². The van der Waals surface area contributed by atoms with Gasteiger partial charge in [0.2, 0.25) is 0 Å². The number of furan rings is 1. The van der Waals surface area contributed by atoms with E-state index >= 15 is 0 Å². The molecule has 4 nitrogen and oxygen atoms in total. The number of aromatic nitrogens is 3. The molecule has 0 unspecified atom stereocenters. The lowest BCUT2D eigenvalue weighted by molar-refractivity contribution is 0.669. The zero-order chi connectivity index (χ0) is 23.9. The summed E-state index contributed by atoms with van der Waals surface area (Å²) in [6, 6.07) is 41.5. The highest BCUT2D eigenvalue weighted by molar-refractivity contribution is 6.12. The summed E-state index contributed by atoms with van der Waals surface area (Å²) in [5.74, 6) is 1.37. The Balaban J connectivity index is 1.28. The molecule has 0 aliphatic rings. The van der Waals surface area contributed by atoms with E-state index in [1.807, 2.05) is 54.6 Å². The van der Waals surface area contributed by atoms with Gasteiger partial charge in [-0.3, -0.25) is 5.10 Å². The third-order valence-electron chi connectivity index (χ3n) is 6.57. The third-order valence-corrected chi connectivity index (χ3v) is 6.57. The van der Waals surface area contributed by atoms with Crippen LogP contribution in [0.5, 0.6) is 0 Å². The van der Waals surface area contributed by atoms with Gasteiger partial charge in [0.15, 0.2) is 11.6 Å². The minimum absolute atomic E-state index is 0.640. The number of hydrogen-bond donors (Lipinski definition) is 1. The van der Waals surface area contributed by atoms with E-state index in [4.69, 9.17) is 9.40 Å². The number of benzene rings is 5. The Kier molecular flexibility index (Phi) is 4.74. The fourth-order valence-electron chi connectivity index (χ4n) is 4.82. The maximum Gasteiger partial charge on any atom is 0.181 e. The summed E-state index contributed by atoms with van der Waals surface area (Å²) < 4.78 is 6.27. The summed E-state index contributed by atoms with van der Waals surface area (Å²) in [5.41, 5.74) is 8.25. The molecule has 0 atom stereocenters. The monoisotopic (exact) mass is 463 g/mol.